The molecule has 1 aliphatic rings. The number of anilines is 3. The number of carbonyl (C=O) groups is 1. The Morgan fingerprint density at radius 3 is 2.56 bits per heavy atom. The van der Waals surface area contributed by atoms with E-state index in [0.717, 1.165) is 17.2 Å². The van der Waals surface area contributed by atoms with Crippen LogP contribution >= 0.6 is 11.3 Å². The van der Waals surface area contributed by atoms with Gasteiger partial charge in [0, 0.05) is 45.0 Å². The molecular formula is C24H23FN8O2S. The van der Waals surface area contributed by atoms with Crippen molar-refractivity contribution in [3.63, 3.8) is 0 Å². The Kier molecular flexibility index (Phi) is 6.15. The van der Waals surface area contributed by atoms with E-state index < -0.39 is 6.09 Å². The van der Waals surface area contributed by atoms with Crippen molar-refractivity contribution in [2.75, 3.05) is 43.0 Å². The molecule has 0 saturated carbocycles. The van der Waals surface area contributed by atoms with Gasteiger partial charge in [-0.2, -0.15) is 10.4 Å². The van der Waals surface area contributed by atoms with E-state index in [9.17, 15) is 19.6 Å². The van der Waals surface area contributed by atoms with Crippen LogP contribution in [-0.2, 0) is 6.42 Å². The van der Waals surface area contributed by atoms with Gasteiger partial charge in [0.25, 0.3) is 0 Å². The van der Waals surface area contributed by atoms with Gasteiger partial charge in [-0.3, -0.25) is 0 Å². The predicted octanol–water partition coefficient (Wildman–Crippen LogP) is 3.99. The predicted molar refractivity (Wildman–Crippen MR) is 134 cm³/mol. The fourth-order valence-corrected chi connectivity index (χ4v) is 5.12. The van der Waals surface area contributed by atoms with Crippen molar-refractivity contribution in [2.45, 2.75) is 13.3 Å². The van der Waals surface area contributed by atoms with Crippen molar-refractivity contribution < 1.29 is 14.3 Å². The maximum atomic E-state index is 13.4. The number of halogens is 1. The number of aryl methyl sites for hydroxylation is 1. The summed E-state index contributed by atoms with van der Waals surface area (Å²) in [6.07, 6.45) is 1.60. The number of amides is 1. The Morgan fingerprint density at radius 1 is 1.19 bits per heavy atom. The van der Waals surface area contributed by atoms with Gasteiger partial charge < -0.3 is 19.8 Å². The third kappa shape index (κ3) is 4.18. The van der Waals surface area contributed by atoms with E-state index in [-0.39, 0.29) is 5.82 Å². The topological polar surface area (TPSA) is 114 Å². The van der Waals surface area contributed by atoms with Gasteiger partial charge in [-0.15, -0.1) is 0 Å². The molecule has 0 atom stereocenters. The highest BCUT2D eigenvalue weighted by atomic mass is 32.1. The highest BCUT2D eigenvalue weighted by molar-refractivity contribution is 7.16. The van der Waals surface area contributed by atoms with Gasteiger partial charge in [0.2, 0.25) is 0 Å². The van der Waals surface area contributed by atoms with E-state index in [1.54, 1.807) is 16.6 Å². The molecule has 4 heterocycles. The Morgan fingerprint density at radius 2 is 1.92 bits per heavy atom. The van der Waals surface area contributed by atoms with Crippen LogP contribution in [0.3, 0.4) is 0 Å². The molecule has 0 bridgehead atoms. The Labute approximate surface area is 210 Å². The summed E-state index contributed by atoms with van der Waals surface area (Å²) >= 11 is 1.25. The van der Waals surface area contributed by atoms with Gasteiger partial charge in [0.15, 0.2) is 10.8 Å². The summed E-state index contributed by atoms with van der Waals surface area (Å²) in [6, 6.07) is 10.0. The largest absolute Gasteiger partial charge is 0.465 e. The van der Waals surface area contributed by atoms with Crippen molar-refractivity contribution in [1.82, 2.24) is 24.5 Å². The molecule has 184 valence electrons. The van der Waals surface area contributed by atoms with Crippen LogP contribution in [0.5, 0.6) is 0 Å². The number of hydrogen-bond donors (Lipinski definition) is 1. The lowest BCUT2D eigenvalue weighted by Crippen LogP contribution is -2.48. The zero-order chi connectivity index (χ0) is 25.4. The SMILES string of the molecule is CCc1nn2ccc(N3CCN(C(=O)O)CC3)nc2c1N(C)c1nc(-c2ccc(F)cc2)c(C#N)s1. The van der Waals surface area contributed by atoms with Crippen LogP contribution in [0.1, 0.15) is 17.5 Å². The number of aromatic nitrogens is 4. The molecule has 0 radical (unpaired) electrons. The van der Waals surface area contributed by atoms with Crippen molar-refractivity contribution in [1.29, 1.82) is 5.26 Å². The molecule has 1 fully saturated rings. The Bertz CT molecular complexity index is 1470. The van der Waals surface area contributed by atoms with Gasteiger partial charge in [0.05, 0.1) is 5.69 Å². The zero-order valence-electron chi connectivity index (χ0n) is 19.7. The average Bonchev–Trinajstić information content (AvgIpc) is 3.50. The van der Waals surface area contributed by atoms with E-state index in [2.05, 4.69) is 11.0 Å². The second-order valence-corrected chi connectivity index (χ2v) is 9.29. The molecule has 36 heavy (non-hydrogen) atoms. The Balaban J connectivity index is 1.52. The third-order valence-corrected chi connectivity index (χ3v) is 7.22. The first-order chi connectivity index (χ1) is 17.4. The normalized spacial score (nSPS) is 13.7. The number of carboxylic acid groups (broad SMARTS) is 1. The summed E-state index contributed by atoms with van der Waals surface area (Å²) in [5, 5.41) is 24.2. The van der Waals surface area contributed by atoms with Gasteiger partial charge >= 0.3 is 6.09 Å². The summed E-state index contributed by atoms with van der Waals surface area (Å²) in [6.45, 7) is 3.94. The van der Waals surface area contributed by atoms with Crippen molar-refractivity contribution in [3.8, 4) is 17.3 Å². The first kappa shape index (κ1) is 23.5. The lowest BCUT2D eigenvalue weighted by atomic mass is 10.1. The maximum absolute atomic E-state index is 13.4. The number of piperazine rings is 1. The third-order valence-electron chi connectivity index (χ3n) is 6.18. The van der Waals surface area contributed by atoms with Crippen LogP contribution in [0.15, 0.2) is 36.5 Å². The molecule has 0 unspecified atom stereocenters. The number of fused-ring (bicyclic) bond motifs is 1. The first-order valence-electron chi connectivity index (χ1n) is 11.4. The molecule has 1 saturated heterocycles. The van der Waals surface area contributed by atoms with E-state index in [0.29, 0.717) is 59.5 Å². The first-order valence-corrected chi connectivity index (χ1v) is 12.2. The number of nitrogens with zero attached hydrogens (tertiary/aromatic N) is 8. The van der Waals surface area contributed by atoms with Crippen LogP contribution in [0.25, 0.3) is 16.9 Å². The van der Waals surface area contributed by atoms with Crippen LogP contribution < -0.4 is 9.80 Å². The number of benzene rings is 1. The summed E-state index contributed by atoms with van der Waals surface area (Å²) in [7, 11) is 1.87. The van der Waals surface area contributed by atoms with Crippen LogP contribution in [-0.4, -0.2) is 68.9 Å². The monoisotopic (exact) mass is 506 g/mol. The molecule has 10 nitrogen and oxygen atoms in total. The summed E-state index contributed by atoms with van der Waals surface area (Å²) in [4.78, 5) is 26.6. The van der Waals surface area contributed by atoms with Gasteiger partial charge in [0.1, 0.15) is 34.0 Å². The van der Waals surface area contributed by atoms with E-state index in [1.807, 2.05) is 31.1 Å². The molecule has 5 rings (SSSR count). The second-order valence-electron chi connectivity index (χ2n) is 8.31. The standard InChI is InChI=1S/C24H23FN8O2S/c1-3-17-21(30(2)23-28-20(18(14-26)36-23)15-4-6-16(25)7-5-15)22-27-19(8-9-33(22)29-17)31-10-12-32(13-11-31)24(34)35/h4-9H,3,10-13H2,1-2H3,(H,34,35). The minimum atomic E-state index is -0.912. The average molecular weight is 507 g/mol. The quantitative estimate of drug-likeness (QED) is 0.432. The maximum Gasteiger partial charge on any atom is 0.407 e. The van der Waals surface area contributed by atoms with Crippen molar-refractivity contribution >= 4 is 39.7 Å². The number of nitriles is 1. The number of thiazole rings is 1. The molecule has 1 amide bonds. The van der Waals surface area contributed by atoms with Gasteiger partial charge in [-0.1, -0.05) is 18.3 Å². The molecule has 1 N–H and O–H groups in total. The molecule has 12 heteroatoms. The lowest BCUT2D eigenvalue weighted by molar-refractivity contribution is 0.142. The van der Waals surface area contributed by atoms with Crippen LogP contribution in [0, 0.1) is 17.1 Å². The molecule has 0 aliphatic carbocycles. The van der Waals surface area contributed by atoms with Crippen molar-refractivity contribution in [2.24, 2.45) is 0 Å². The van der Waals surface area contributed by atoms with Crippen LogP contribution in [0.2, 0.25) is 0 Å². The zero-order valence-corrected chi connectivity index (χ0v) is 20.5. The fraction of sp³-hybridized carbons (Fsp3) is 0.292. The van der Waals surface area contributed by atoms with Gasteiger partial charge in [-0.25, -0.2) is 23.7 Å². The highest BCUT2D eigenvalue weighted by Crippen LogP contribution is 2.38. The van der Waals surface area contributed by atoms with E-state index >= 15 is 0 Å². The lowest BCUT2D eigenvalue weighted by Gasteiger charge is -2.33. The molecule has 4 aromatic rings. The van der Waals surface area contributed by atoms with E-state index in [4.69, 9.17) is 15.1 Å². The molecular weight excluding hydrogens is 483 g/mol. The number of hydrogen-bond acceptors (Lipinski definition) is 8. The highest BCUT2D eigenvalue weighted by Gasteiger charge is 2.25. The molecule has 0 spiro atoms. The minimum absolute atomic E-state index is 0.352. The minimum Gasteiger partial charge on any atom is -0.465 e. The Hall–Kier alpha value is -4.24. The van der Waals surface area contributed by atoms with E-state index in [1.165, 1.54) is 28.4 Å². The second kappa shape index (κ2) is 9.43. The smallest absolute Gasteiger partial charge is 0.407 e. The van der Waals surface area contributed by atoms with Gasteiger partial charge in [-0.05, 0) is 36.8 Å². The summed E-state index contributed by atoms with van der Waals surface area (Å²) in [5.74, 6) is 0.392. The summed E-state index contributed by atoms with van der Waals surface area (Å²) in [5.41, 5.74) is 3.43. The molecule has 3 aromatic heterocycles. The molecule has 1 aliphatic heterocycles. The molecule has 1 aromatic carbocycles. The summed E-state index contributed by atoms with van der Waals surface area (Å²) < 4.78 is 15.1. The fourth-order valence-electron chi connectivity index (χ4n) is 4.27. The van der Waals surface area contributed by atoms with Crippen molar-refractivity contribution in [3.05, 3.63) is 52.9 Å². The number of rotatable bonds is 5. The van der Waals surface area contributed by atoms with Crippen LogP contribution in [0.4, 0.5) is 25.8 Å².